The van der Waals surface area contributed by atoms with Crippen LogP contribution >= 0.6 is 11.8 Å². The quantitative estimate of drug-likeness (QED) is 0.707. The molecule has 2 aliphatic heterocycles. The zero-order valence-electron chi connectivity index (χ0n) is 14.1. The van der Waals surface area contributed by atoms with Crippen LogP contribution in [0.1, 0.15) is 22.9 Å². The molecule has 0 aromatic heterocycles. The summed E-state index contributed by atoms with van der Waals surface area (Å²) in [5, 5.41) is -0.623. The lowest BCUT2D eigenvalue weighted by molar-refractivity contribution is -0.193. The van der Waals surface area contributed by atoms with Gasteiger partial charge in [0.25, 0.3) is 0 Å². The summed E-state index contributed by atoms with van der Waals surface area (Å²) in [7, 11) is 0. The number of rotatable bonds is 1. The molecule has 1 saturated heterocycles. The normalized spacial score (nSPS) is 24.2. The Morgan fingerprint density at radius 1 is 1.21 bits per heavy atom. The first-order valence-electron chi connectivity index (χ1n) is 8.25. The molecule has 1 fully saturated rings. The van der Waals surface area contributed by atoms with Gasteiger partial charge in [-0.05, 0) is 24.3 Å². The van der Waals surface area contributed by atoms with Crippen molar-refractivity contribution in [3.63, 3.8) is 0 Å². The van der Waals surface area contributed by atoms with E-state index in [1.807, 2.05) is 0 Å². The SMILES string of the molecule is O=C(N1NC(c2cc(F)ccc2F)SC12CCOc1ccccc12)C(F)(F)F. The molecule has 4 rings (SSSR count). The van der Waals surface area contributed by atoms with Crippen molar-refractivity contribution in [2.24, 2.45) is 0 Å². The van der Waals surface area contributed by atoms with Crippen LogP contribution in [0.4, 0.5) is 22.0 Å². The topological polar surface area (TPSA) is 41.6 Å². The second kappa shape index (κ2) is 6.63. The highest BCUT2D eigenvalue weighted by Crippen LogP contribution is 2.58. The molecule has 2 aliphatic rings. The molecule has 0 saturated carbocycles. The number of amides is 1. The number of nitrogens with zero attached hydrogens (tertiary/aromatic N) is 1. The molecule has 1 N–H and O–H groups in total. The van der Waals surface area contributed by atoms with Crippen LogP contribution in [0.15, 0.2) is 42.5 Å². The number of carbonyl (C=O) groups is 1. The van der Waals surface area contributed by atoms with E-state index < -0.39 is 34.0 Å². The summed E-state index contributed by atoms with van der Waals surface area (Å²) in [5.41, 5.74) is 2.63. The maximum Gasteiger partial charge on any atom is 0.472 e. The van der Waals surface area contributed by atoms with E-state index in [0.717, 1.165) is 30.0 Å². The first-order chi connectivity index (χ1) is 13.2. The number of fused-ring (bicyclic) bond motifs is 2. The predicted molar refractivity (Wildman–Crippen MR) is 91.0 cm³/mol. The molecular formula is C18H13F5N2O2S. The largest absolute Gasteiger partial charge is 0.493 e. The van der Waals surface area contributed by atoms with Crippen molar-refractivity contribution in [3.05, 3.63) is 65.2 Å². The smallest absolute Gasteiger partial charge is 0.472 e. The van der Waals surface area contributed by atoms with Gasteiger partial charge >= 0.3 is 12.1 Å². The number of para-hydroxylation sites is 1. The molecule has 2 heterocycles. The predicted octanol–water partition coefficient (Wildman–Crippen LogP) is 4.24. The summed E-state index contributed by atoms with van der Waals surface area (Å²) in [6.45, 7) is 0.0612. The van der Waals surface area contributed by atoms with Crippen LogP contribution in [-0.2, 0) is 9.67 Å². The zero-order valence-corrected chi connectivity index (χ0v) is 14.9. The monoisotopic (exact) mass is 416 g/mol. The second-order valence-electron chi connectivity index (χ2n) is 6.31. The Morgan fingerprint density at radius 2 is 1.96 bits per heavy atom. The van der Waals surface area contributed by atoms with E-state index in [0.29, 0.717) is 16.3 Å². The highest BCUT2D eigenvalue weighted by atomic mass is 32.2. The maximum absolute atomic E-state index is 14.3. The van der Waals surface area contributed by atoms with Gasteiger partial charge < -0.3 is 4.74 Å². The summed E-state index contributed by atoms with van der Waals surface area (Å²) >= 11 is 0.912. The lowest BCUT2D eigenvalue weighted by atomic mass is 9.99. The van der Waals surface area contributed by atoms with Gasteiger partial charge in [-0.3, -0.25) is 4.79 Å². The number of hydrogen-bond acceptors (Lipinski definition) is 4. The Balaban J connectivity index is 1.84. The fourth-order valence-electron chi connectivity index (χ4n) is 3.40. The molecule has 148 valence electrons. The molecule has 0 radical (unpaired) electrons. The maximum atomic E-state index is 14.3. The van der Waals surface area contributed by atoms with Gasteiger partial charge in [0.2, 0.25) is 0 Å². The molecule has 2 unspecified atom stereocenters. The molecule has 0 aliphatic carbocycles. The van der Waals surface area contributed by atoms with Crippen LogP contribution in [0.3, 0.4) is 0 Å². The number of halogens is 5. The van der Waals surface area contributed by atoms with Gasteiger partial charge in [-0.1, -0.05) is 18.2 Å². The van der Waals surface area contributed by atoms with Gasteiger partial charge in [0.05, 0.1) is 6.61 Å². The molecule has 2 atom stereocenters. The first kappa shape index (κ1) is 19.0. The summed E-state index contributed by atoms with van der Waals surface area (Å²) in [6, 6.07) is 9.13. The Hall–Kier alpha value is -2.33. The lowest BCUT2D eigenvalue weighted by Crippen LogP contribution is -2.55. The molecule has 0 bridgehead atoms. The van der Waals surface area contributed by atoms with Crippen molar-refractivity contribution in [2.45, 2.75) is 22.8 Å². The van der Waals surface area contributed by atoms with Gasteiger partial charge in [0.15, 0.2) is 0 Å². The Morgan fingerprint density at radius 3 is 2.71 bits per heavy atom. The average molecular weight is 416 g/mol. The summed E-state index contributed by atoms with van der Waals surface area (Å²) in [5.74, 6) is -3.30. The van der Waals surface area contributed by atoms with E-state index in [4.69, 9.17) is 4.74 Å². The number of hydrogen-bond donors (Lipinski definition) is 1. The van der Waals surface area contributed by atoms with Crippen molar-refractivity contribution < 1.29 is 31.5 Å². The van der Waals surface area contributed by atoms with Crippen LogP contribution in [0, 0.1) is 11.6 Å². The van der Waals surface area contributed by atoms with Crippen molar-refractivity contribution in [1.82, 2.24) is 10.4 Å². The third-order valence-corrected chi connectivity index (χ3v) is 6.20. The number of benzene rings is 2. The fraction of sp³-hybridized carbons (Fsp3) is 0.278. The highest BCUT2D eigenvalue weighted by molar-refractivity contribution is 8.00. The van der Waals surface area contributed by atoms with Crippen molar-refractivity contribution >= 4 is 17.7 Å². The third-order valence-electron chi connectivity index (χ3n) is 4.61. The van der Waals surface area contributed by atoms with Crippen LogP contribution in [0.5, 0.6) is 5.75 Å². The highest BCUT2D eigenvalue weighted by Gasteiger charge is 2.58. The van der Waals surface area contributed by atoms with E-state index in [1.165, 1.54) is 0 Å². The number of thioether (sulfide) groups is 1. The number of nitrogens with one attached hydrogen (secondary N) is 1. The first-order valence-corrected chi connectivity index (χ1v) is 9.13. The summed E-state index contributed by atoms with van der Waals surface area (Å²) in [6.07, 6.45) is -5.11. The van der Waals surface area contributed by atoms with Gasteiger partial charge in [-0.25, -0.2) is 19.2 Å². The van der Waals surface area contributed by atoms with Gasteiger partial charge in [0, 0.05) is 17.5 Å². The second-order valence-corrected chi connectivity index (χ2v) is 7.69. The van der Waals surface area contributed by atoms with E-state index in [9.17, 15) is 26.7 Å². The van der Waals surface area contributed by atoms with Crippen LogP contribution in [-0.4, -0.2) is 23.7 Å². The molecule has 10 heteroatoms. The van der Waals surface area contributed by atoms with Crippen LogP contribution in [0.2, 0.25) is 0 Å². The molecular weight excluding hydrogens is 403 g/mol. The number of ether oxygens (including phenoxy) is 1. The number of carbonyl (C=O) groups excluding carboxylic acids is 1. The van der Waals surface area contributed by atoms with Crippen molar-refractivity contribution in [3.8, 4) is 5.75 Å². The molecule has 4 nitrogen and oxygen atoms in total. The molecule has 1 spiro atoms. The van der Waals surface area contributed by atoms with E-state index >= 15 is 0 Å². The Bertz CT molecular complexity index is 938. The van der Waals surface area contributed by atoms with Crippen LogP contribution in [0.25, 0.3) is 0 Å². The fourth-order valence-corrected chi connectivity index (χ4v) is 4.99. The van der Waals surface area contributed by atoms with Crippen molar-refractivity contribution in [2.75, 3.05) is 6.61 Å². The van der Waals surface area contributed by atoms with Gasteiger partial charge in [-0.2, -0.15) is 13.2 Å². The molecule has 2 aromatic rings. The Labute approximate surface area is 160 Å². The molecule has 1 amide bonds. The molecule has 2 aromatic carbocycles. The Kier molecular flexibility index (Phi) is 4.50. The van der Waals surface area contributed by atoms with Gasteiger partial charge in [-0.15, -0.1) is 11.8 Å². The van der Waals surface area contributed by atoms with Crippen LogP contribution < -0.4 is 10.2 Å². The standard InChI is InChI=1S/C18H13F5N2O2S/c19-10-5-6-13(20)11(9-10)15-24-25(16(26)18(21,22)23)17(28-15)7-8-27-14-4-2-1-3-12(14)17/h1-6,9,15,24H,7-8H2. The van der Waals surface area contributed by atoms with E-state index in [1.54, 1.807) is 24.3 Å². The zero-order chi connectivity index (χ0) is 20.1. The number of alkyl halides is 3. The van der Waals surface area contributed by atoms with Gasteiger partial charge in [0.1, 0.15) is 27.6 Å². The summed E-state index contributed by atoms with van der Waals surface area (Å²) in [4.78, 5) is 10.7. The van der Waals surface area contributed by atoms with E-state index in [2.05, 4.69) is 5.43 Å². The minimum absolute atomic E-state index is 0.0386. The minimum atomic E-state index is -5.15. The van der Waals surface area contributed by atoms with E-state index in [-0.39, 0.29) is 18.6 Å². The minimum Gasteiger partial charge on any atom is -0.493 e. The number of hydrazine groups is 1. The van der Waals surface area contributed by atoms with Crippen molar-refractivity contribution in [1.29, 1.82) is 0 Å². The average Bonchev–Trinajstić information content (AvgIpc) is 3.02. The lowest BCUT2D eigenvalue weighted by Gasteiger charge is -2.40. The molecule has 28 heavy (non-hydrogen) atoms. The third kappa shape index (κ3) is 3.00. The summed E-state index contributed by atoms with van der Waals surface area (Å²) < 4.78 is 73.3.